The fourth-order valence-electron chi connectivity index (χ4n) is 2.82. The summed E-state index contributed by atoms with van der Waals surface area (Å²) < 4.78 is 2.01. The Kier molecular flexibility index (Phi) is 2.31. The van der Waals surface area contributed by atoms with Crippen LogP contribution in [0.5, 0.6) is 0 Å². The Hall–Kier alpha value is -2.41. The van der Waals surface area contributed by atoms with Crippen LogP contribution in [-0.4, -0.2) is 14.4 Å². The van der Waals surface area contributed by atoms with E-state index in [0.717, 1.165) is 47.3 Å². The summed E-state index contributed by atoms with van der Waals surface area (Å²) in [6.45, 7) is 2.09. The zero-order valence-electron chi connectivity index (χ0n) is 11.3. The summed E-state index contributed by atoms with van der Waals surface area (Å²) in [5, 5.41) is 9.60. The highest BCUT2D eigenvalue weighted by Gasteiger charge is 2.30. The lowest BCUT2D eigenvalue weighted by molar-refractivity contribution is 0.951. The van der Waals surface area contributed by atoms with Gasteiger partial charge in [-0.25, -0.2) is 4.98 Å². The molecule has 4 rings (SSSR count). The minimum atomic E-state index is 0.466. The van der Waals surface area contributed by atoms with Gasteiger partial charge in [0.25, 0.3) is 0 Å². The van der Waals surface area contributed by atoms with Crippen molar-refractivity contribution in [2.75, 3.05) is 0 Å². The Balaban J connectivity index is 2.22. The van der Waals surface area contributed by atoms with Crippen molar-refractivity contribution in [3.63, 3.8) is 0 Å². The summed E-state index contributed by atoms with van der Waals surface area (Å²) in [5.41, 5.74) is 5.37. The largest absolute Gasteiger partial charge is 0.298 e. The zero-order chi connectivity index (χ0) is 13.7. The van der Waals surface area contributed by atoms with E-state index in [9.17, 15) is 5.26 Å². The monoisotopic (exact) mass is 262 g/mol. The predicted molar refractivity (Wildman–Crippen MR) is 76.6 cm³/mol. The van der Waals surface area contributed by atoms with Crippen LogP contribution in [0.2, 0.25) is 0 Å². The fourth-order valence-corrected chi connectivity index (χ4v) is 2.82. The molecule has 20 heavy (non-hydrogen) atoms. The molecule has 0 amide bonds. The maximum Gasteiger partial charge on any atom is 0.138 e. The summed E-state index contributed by atoms with van der Waals surface area (Å²) in [4.78, 5) is 9.41. The van der Waals surface area contributed by atoms with Crippen molar-refractivity contribution in [3.8, 4) is 6.07 Å². The number of hydrogen-bond donors (Lipinski definition) is 0. The Morgan fingerprint density at radius 2 is 2.20 bits per heavy atom. The molecule has 4 nitrogen and oxygen atoms in total. The van der Waals surface area contributed by atoms with Crippen molar-refractivity contribution in [2.45, 2.75) is 32.1 Å². The van der Waals surface area contributed by atoms with E-state index in [1.165, 1.54) is 0 Å². The normalized spacial score (nSPS) is 14.8. The highest BCUT2D eigenvalue weighted by molar-refractivity contribution is 5.88. The number of hydrogen-bond acceptors (Lipinski definition) is 3. The van der Waals surface area contributed by atoms with Crippen LogP contribution in [0.3, 0.4) is 0 Å². The van der Waals surface area contributed by atoms with Gasteiger partial charge in [-0.2, -0.15) is 5.26 Å². The standard InChI is InChI=1S/C16H14N4/c1-2-12-15-16(20-8-4-3-5-13(20)19-15)11(9-17)14(18-12)10-6-7-10/h3-5,8,10H,2,6-7H2,1H3. The molecule has 0 atom stereocenters. The number of nitriles is 1. The first kappa shape index (κ1) is 11.4. The van der Waals surface area contributed by atoms with E-state index in [2.05, 4.69) is 18.0 Å². The van der Waals surface area contributed by atoms with Crippen LogP contribution < -0.4 is 0 Å². The Morgan fingerprint density at radius 3 is 2.90 bits per heavy atom. The lowest BCUT2D eigenvalue weighted by atomic mass is 10.1. The molecule has 4 heteroatoms. The summed E-state index contributed by atoms with van der Waals surface area (Å²) >= 11 is 0. The third-order valence-corrected chi connectivity index (χ3v) is 3.96. The molecule has 1 fully saturated rings. The van der Waals surface area contributed by atoms with Crippen LogP contribution in [0, 0.1) is 11.3 Å². The number of aromatic nitrogens is 3. The van der Waals surface area contributed by atoms with Gasteiger partial charge in [0.05, 0.1) is 16.9 Å². The van der Waals surface area contributed by atoms with Crippen LogP contribution in [0.25, 0.3) is 16.7 Å². The zero-order valence-corrected chi connectivity index (χ0v) is 11.3. The number of fused-ring (bicyclic) bond motifs is 3. The quantitative estimate of drug-likeness (QED) is 0.712. The molecule has 1 saturated carbocycles. The first-order valence-electron chi connectivity index (χ1n) is 7.03. The molecule has 0 spiro atoms. The molecule has 0 saturated heterocycles. The van der Waals surface area contributed by atoms with E-state index >= 15 is 0 Å². The molecule has 3 heterocycles. The Bertz CT molecular complexity index is 865. The van der Waals surface area contributed by atoms with Gasteiger partial charge in [0.2, 0.25) is 0 Å². The number of imidazole rings is 1. The molecule has 0 bridgehead atoms. The molecule has 98 valence electrons. The number of aryl methyl sites for hydroxylation is 1. The van der Waals surface area contributed by atoms with E-state index in [4.69, 9.17) is 4.98 Å². The maximum atomic E-state index is 9.60. The predicted octanol–water partition coefficient (Wildman–Crippen LogP) is 3.19. The summed E-state index contributed by atoms with van der Waals surface area (Å²) in [6.07, 6.45) is 5.10. The van der Waals surface area contributed by atoms with Crippen molar-refractivity contribution >= 4 is 16.7 Å². The first-order chi connectivity index (χ1) is 9.83. The average molecular weight is 262 g/mol. The third kappa shape index (κ3) is 1.47. The molecule has 0 aromatic carbocycles. The smallest absolute Gasteiger partial charge is 0.138 e. The van der Waals surface area contributed by atoms with Crippen molar-refractivity contribution in [2.24, 2.45) is 0 Å². The molecule has 1 aliphatic rings. The topological polar surface area (TPSA) is 54.0 Å². The molecule has 1 aliphatic carbocycles. The first-order valence-corrected chi connectivity index (χ1v) is 7.03. The molecule has 0 radical (unpaired) electrons. The average Bonchev–Trinajstić information content (AvgIpc) is 3.26. The van der Waals surface area contributed by atoms with Gasteiger partial charge in [0.15, 0.2) is 0 Å². The van der Waals surface area contributed by atoms with Gasteiger partial charge in [-0.15, -0.1) is 0 Å². The number of rotatable bonds is 2. The van der Waals surface area contributed by atoms with Gasteiger partial charge in [-0.1, -0.05) is 13.0 Å². The fraction of sp³-hybridized carbons (Fsp3) is 0.312. The SMILES string of the molecule is CCc1nc(C2CC2)c(C#N)c2c1nc1ccccn12. The second-order valence-corrected chi connectivity index (χ2v) is 5.30. The molecule has 0 aliphatic heterocycles. The van der Waals surface area contributed by atoms with Gasteiger partial charge in [-0.05, 0) is 31.4 Å². The molecule has 0 unspecified atom stereocenters. The number of pyridine rings is 2. The van der Waals surface area contributed by atoms with Crippen LogP contribution in [0.15, 0.2) is 24.4 Å². The summed E-state index contributed by atoms with van der Waals surface area (Å²) in [6, 6.07) is 8.27. The molecule has 0 N–H and O–H groups in total. The third-order valence-electron chi connectivity index (χ3n) is 3.96. The van der Waals surface area contributed by atoms with Crippen LogP contribution >= 0.6 is 0 Å². The molecule has 3 aromatic rings. The van der Waals surface area contributed by atoms with Gasteiger partial charge in [-0.3, -0.25) is 9.38 Å². The molecule has 3 aromatic heterocycles. The van der Waals surface area contributed by atoms with Crippen LogP contribution in [0.1, 0.15) is 42.6 Å². The van der Waals surface area contributed by atoms with Crippen LogP contribution in [0.4, 0.5) is 0 Å². The van der Waals surface area contributed by atoms with Crippen LogP contribution in [-0.2, 0) is 6.42 Å². The van der Waals surface area contributed by atoms with E-state index in [1.54, 1.807) is 0 Å². The van der Waals surface area contributed by atoms with Gasteiger partial charge in [0, 0.05) is 12.1 Å². The van der Waals surface area contributed by atoms with Crippen molar-refractivity contribution in [3.05, 3.63) is 41.3 Å². The van der Waals surface area contributed by atoms with Gasteiger partial charge < -0.3 is 0 Å². The summed E-state index contributed by atoms with van der Waals surface area (Å²) in [5.74, 6) is 0.466. The van der Waals surface area contributed by atoms with E-state index in [0.29, 0.717) is 11.5 Å². The van der Waals surface area contributed by atoms with Crippen molar-refractivity contribution in [1.82, 2.24) is 14.4 Å². The second-order valence-electron chi connectivity index (χ2n) is 5.30. The van der Waals surface area contributed by atoms with E-state index in [-0.39, 0.29) is 0 Å². The van der Waals surface area contributed by atoms with E-state index in [1.807, 2.05) is 28.8 Å². The number of nitrogens with zero attached hydrogens (tertiary/aromatic N) is 4. The Labute approximate surface area is 116 Å². The minimum absolute atomic E-state index is 0.466. The second kappa shape index (κ2) is 4.04. The van der Waals surface area contributed by atoms with Crippen molar-refractivity contribution < 1.29 is 0 Å². The lowest BCUT2D eigenvalue weighted by Crippen LogP contribution is -2.01. The minimum Gasteiger partial charge on any atom is -0.298 e. The highest BCUT2D eigenvalue weighted by Crippen LogP contribution is 2.42. The summed E-state index contributed by atoms with van der Waals surface area (Å²) in [7, 11) is 0. The van der Waals surface area contributed by atoms with Gasteiger partial charge in [0.1, 0.15) is 22.8 Å². The highest BCUT2D eigenvalue weighted by atomic mass is 15.0. The molecular formula is C16H14N4. The van der Waals surface area contributed by atoms with Crippen molar-refractivity contribution in [1.29, 1.82) is 5.26 Å². The maximum absolute atomic E-state index is 9.60. The Morgan fingerprint density at radius 1 is 1.35 bits per heavy atom. The van der Waals surface area contributed by atoms with Gasteiger partial charge >= 0.3 is 0 Å². The van der Waals surface area contributed by atoms with E-state index < -0.39 is 0 Å². The lowest BCUT2D eigenvalue weighted by Gasteiger charge is -2.07. The molecular weight excluding hydrogens is 248 g/mol.